The summed E-state index contributed by atoms with van der Waals surface area (Å²) < 4.78 is 11.1. The van der Waals surface area contributed by atoms with Crippen LogP contribution in [0.4, 0.5) is 0 Å². The third kappa shape index (κ3) is 3.51. The topological polar surface area (TPSA) is 52.6 Å². The Morgan fingerprint density at radius 1 is 0.963 bits per heavy atom. The average molecular weight is 356 g/mol. The first kappa shape index (κ1) is 16.8. The fourth-order valence-corrected chi connectivity index (χ4v) is 2.88. The molecule has 0 spiro atoms. The predicted molar refractivity (Wildman–Crippen MR) is 102 cm³/mol. The third-order valence-corrected chi connectivity index (χ3v) is 4.20. The normalized spacial score (nSPS) is 14.0. The maximum atomic E-state index is 12.5. The largest absolute Gasteiger partial charge is 0.452 e. The molecule has 1 heterocycles. The molecule has 0 radical (unpaired) electrons. The summed E-state index contributed by atoms with van der Waals surface area (Å²) in [6, 6.07) is 21.3. The second kappa shape index (κ2) is 6.92. The molecule has 0 N–H and O–H groups in total. The van der Waals surface area contributed by atoms with Gasteiger partial charge in [0.05, 0.1) is 11.1 Å². The van der Waals surface area contributed by atoms with Crippen molar-refractivity contribution < 1.29 is 19.1 Å². The molecule has 132 valence electrons. The van der Waals surface area contributed by atoms with E-state index in [0.717, 1.165) is 11.1 Å². The summed E-state index contributed by atoms with van der Waals surface area (Å²) in [5.74, 6) is 0.314. The Labute approximate surface area is 156 Å². The molecule has 0 fully saturated rings. The summed E-state index contributed by atoms with van der Waals surface area (Å²) in [5, 5.41) is 0. The van der Waals surface area contributed by atoms with Gasteiger partial charge in [0.2, 0.25) is 5.78 Å². The zero-order valence-corrected chi connectivity index (χ0v) is 14.6. The van der Waals surface area contributed by atoms with Gasteiger partial charge in [-0.15, -0.1) is 0 Å². The van der Waals surface area contributed by atoms with Crippen molar-refractivity contribution in [1.29, 1.82) is 0 Å². The number of carbonyl (C=O) groups excluding carboxylic acids is 2. The van der Waals surface area contributed by atoms with E-state index in [1.807, 2.05) is 37.3 Å². The number of hydrogen-bond acceptors (Lipinski definition) is 4. The SMILES string of the molecule is Cc1cccc(/C=C2\Oc3cc(OC(=O)c4ccccc4)ccc3C2=O)c1. The lowest BCUT2D eigenvalue weighted by molar-refractivity contribution is 0.0734. The van der Waals surface area contributed by atoms with Crippen molar-refractivity contribution in [3.63, 3.8) is 0 Å². The molecule has 0 amide bonds. The summed E-state index contributed by atoms with van der Waals surface area (Å²) in [5.41, 5.74) is 2.90. The molecule has 4 rings (SSSR count). The first-order chi connectivity index (χ1) is 13.1. The molecule has 3 aromatic carbocycles. The molecule has 4 nitrogen and oxygen atoms in total. The molecule has 0 saturated heterocycles. The molecule has 0 bridgehead atoms. The van der Waals surface area contributed by atoms with Gasteiger partial charge in [0.15, 0.2) is 5.76 Å². The molecule has 27 heavy (non-hydrogen) atoms. The van der Waals surface area contributed by atoms with Crippen molar-refractivity contribution in [2.24, 2.45) is 0 Å². The lowest BCUT2D eigenvalue weighted by atomic mass is 10.1. The maximum absolute atomic E-state index is 12.5. The zero-order chi connectivity index (χ0) is 18.8. The van der Waals surface area contributed by atoms with E-state index in [-0.39, 0.29) is 11.5 Å². The lowest BCUT2D eigenvalue weighted by Gasteiger charge is -2.05. The lowest BCUT2D eigenvalue weighted by Crippen LogP contribution is -2.08. The number of Topliss-reactive ketones (excluding diaryl/α,β-unsaturated/α-hetero) is 1. The van der Waals surface area contributed by atoms with Crippen molar-refractivity contribution in [2.75, 3.05) is 0 Å². The standard InChI is InChI=1S/C23H16O4/c1-15-6-5-7-16(12-15)13-21-22(24)19-11-10-18(14-20(19)27-21)26-23(25)17-8-3-2-4-9-17/h2-14H,1H3/b21-13-. The van der Waals surface area contributed by atoms with Crippen LogP contribution in [0.15, 0.2) is 78.6 Å². The number of aryl methyl sites for hydroxylation is 1. The Morgan fingerprint density at radius 3 is 2.56 bits per heavy atom. The van der Waals surface area contributed by atoms with Crippen molar-refractivity contribution in [1.82, 2.24) is 0 Å². The molecule has 1 aliphatic rings. The van der Waals surface area contributed by atoms with Gasteiger partial charge in [-0.3, -0.25) is 4.79 Å². The van der Waals surface area contributed by atoms with Crippen LogP contribution in [0.2, 0.25) is 0 Å². The number of esters is 1. The van der Waals surface area contributed by atoms with Gasteiger partial charge in [0.25, 0.3) is 0 Å². The molecule has 4 heteroatoms. The Hall–Kier alpha value is -3.66. The minimum atomic E-state index is -0.463. The summed E-state index contributed by atoms with van der Waals surface area (Å²) in [4.78, 5) is 24.7. The van der Waals surface area contributed by atoms with Gasteiger partial charge in [0.1, 0.15) is 11.5 Å². The number of rotatable bonds is 3. The summed E-state index contributed by atoms with van der Waals surface area (Å²) in [6.45, 7) is 1.99. The first-order valence-corrected chi connectivity index (χ1v) is 8.52. The Kier molecular flexibility index (Phi) is 4.30. The molecule has 0 aliphatic carbocycles. The van der Waals surface area contributed by atoms with Gasteiger partial charge in [-0.25, -0.2) is 4.79 Å². The van der Waals surface area contributed by atoms with E-state index in [4.69, 9.17) is 9.47 Å². The second-order valence-electron chi connectivity index (χ2n) is 6.27. The van der Waals surface area contributed by atoms with Crippen molar-refractivity contribution in [3.8, 4) is 11.5 Å². The molecule has 3 aromatic rings. The van der Waals surface area contributed by atoms with E-state index in [9.17, 15) is 9.59 Å². The Bertz CT molecular complexity index is 1060. The molecule has 0 aromatic heterocycles. The number of ketones is 1. The molecular formula is C23H16O4. The van der Waals surface area contributed by atoms with Crippen LogP contribution in [-0.2, 0) is 0 Å². The quantitative estimate of drug-likeness (QED) is 0.383. The number of carbonyl (C=O) groups is 2. The van der Waals surface area contributed by atoms with E-state index < -0.39 is 5.97 Å². The second-order valence-corrected chi connectivity index (χ2v) is 6.27. The minimum Gasteiger partial charge on any atom is -0.452 e. The van der Waals surface area contributed by atoms with Crippen LogP contribution in [0, 0.1) is 6.92 Å². The van der Waals surface area contributed by atoms with Crippen LogP contribution in [0.25, 0.3) is 6.08 Å². The molecular weight excluding hydrogens is 340 g/mol. The van der Waals surface area contributed by atoms with E-state index in [0.29, 0.717) is 22.6 Å². The number of allylic oxidation sites excluding steroid dienone is 1. The van der Waals surface area contributed by atoms with E-state index in [2.05, 4.69) is 0 Å². The van der Waals surface area contributed by atoms with Gasteiger partial charge < -0.3 is 9.47 Å². The summed E-state index contributed by atoms with van der Waals surface area (Å²) in [7, 11) is 0. The van der Waals surface area contributed by atoms with E-state index in [1.54, 1.807) is 48.5 Å². The van der Waals surface area contributed by atoms with Gasteiger partial charge in [-0.05, 0) is 42.8 Å². The van der Waals surface area contributed by atoms with Crippen LogP contribution in [0.1, 0.15) is 31.8 Å². The first-order valence-electron chi connectivity index (χ1n) is 8.52. The number of benzene rings is 3. The number of ether oxygens (including phenoxy) is 2. The van der Waals surface area contributed by atoms with Gasteiger partial charge in [0, 0.05) is 6.07 Å². The molecule has 0 atom stereocenters. The van der Waals surface area contributed by atoms with Crippen molar-refractivity contribution in [3.05, 3.63) is 101 Å². The number of fused-ring (bicyclic) bond motifs is 1. The van der Waals surface area contributed by atoms with Crippen molar-refractivity contribution >= 4 is 17.8 Å². The van der Waals surface area contributed by atoms with Crippen LogP contribution in [0.3, 0.4) is 0 Å². The van der Waals surface area contributed by atoms with E-state index >= 15 is 0 Å². The molecule has 0 unspecified atom stereocenters. The highest BCUT2D eigenvalue weighted by molar-refractivity contribution is 6.14. The smallest absolute Gasteiger partial charge is 0.343 e. The van der Waals surface area contributed by atoms with E-state index in [1.165, 1.54) is 0 Å². The average Bonchev–Trinajstić information content (AvgIpc) is 2.97. The fourth-order valence-electron chi connectivity index (χ4n) is 2.88. The molecule has 0 saturated carbocycles. The van der Waals surface area contributed by atoms with Crippen LogP contribution in [-0.4, -0.2) is 11.8 Å². The Morgan fingerprint density at radius 2 is 1.78 bits per heavy atom. The number of hydrogen-bond donors (Lipinski definition) is 0. The van der Waals surface area contributed by atoms with Gasteiger partial charge in [-0.1, -0.05) is 48.0 Å². The summed E-state index contributed by atoms with van der Waals surface area (Å²) in [6.07, 6.45) is 1.71. The summed E-state index contributed by atoms with van der Waals surface area (Å²) >= 11 is 0. The highest BCUT2D eigenvalue weighted by atomic mass is 16.5. The highest BCUT2D eigenvalue weighted by Crippen LogP contribution is 2.35. The van der Waals surface area contributed by atoms with Crippen LogP contribution < -0.4 is 9.47 Å². The zero-order valence-electron chi connectivity index (χ0n) is 14.6. The monoisotopic (exact) mass is 356 g/mol. The fraction of sp³-hybridized carbons (Fsp3) is 0.0435. The van der Waals surface area contributed by atoms with Crippen LogP contribution in [0.5, 0.6) is 11.5 Å². The maximum Gasteiger partial charge on any atom is 0.343 e. The Balaban J connectivity index is 1.57. The van der Waals surface area contributed by atoms with Crippen molar-refractivity contribution in [2.45, 2.75) is 6.92 Å². The molecule has 1 aliphatic heterocycles. The van der Waals surface area contributed by atoms with Gasteiger partial charge >= 0.3 is 5.97 Å². The minimum absolute atomic E-state index is 0.188. The van der Waals surface area contributed by atoms with Gasteiger partial charge in [-0.2, -0.15) is 0 Å². The highest BCUT2D eigenvalue weighted by Gasteiger charge is 2.28. The van der Waals surface area contributed by atoms with Crippen LogP contribution >= 0.6 is 0 Å². The third-order valence-electron chi connectivity index (χ3n) is 4.20. The predicted octanol–water partition coefficient (Wildman–Crippen LogP) is 4.83.